The maximum absolute atomic E-state index is 12.4. The Morgan fingerprint density at radius 2 is 2.14 bits per heavy atom. The number of amides is 1. The van der Waals surface area contributed by atoms with Crippen molar-refractivity contribution < 1.29 is 9.90 Å². The fourth-order valence-corrected chi connectivity index (χ4v) is 2.43. The highest BCUT2D eigenvalue weighted by molar-refractivity contribution is 6.01. The normalized spacial score (nSPS) is 12.6. The van der Waals surface area contributed by atoms with Gasteiger partial charge in [-0.1, -0.05) is 13.3 Å². The van der Waals surface area contributed by atoms with Gasteiger partial charge in [0.15, 0.2) is 5.65 Å². The molecule has 0 saturated heterocycles. The zero-order valence-electron chi connectivity index (χ0n) is 13.0. The van der Waals surface area contributed by atoms with Crippen LogP contribution < -0.4 is 5.32 Å². The van der Waals surface area contributed by atoms with Gasteiger partial charge < -0.3 is 10.4 Å². The summed E-state index contributed by atoms with van der Waals surface area (Å²) in [4.78, 5) is 16.8. The monoisotopic (exact) mass is 290 g/mol. The van der Waals surface area contributed by atoms with Crippen molar-refractivity contribution in [3.8, 4) is 0 Å². The van der Waals surface area contributed by atoms with Crippen LogP contribution in [0.25, 0.3) is 5.65 Å². The molecule has 2 rings (SSSR count). The van der Waals surface area contributed by atoms with Crippen LogP contribution in [0.4, 0.5) is 0 Å². The molecule has 2 aromatic rings. The summed E-state index contributed by atoms with van der Waals surface area (Å²) in [6, 6.07) is 1.92. The van der Waals surface area contributed by atoms with Crippen molar-refractivity contribution in [3.05, 3.63) is 28.7 Å². The Morgan fingerprint density at radius 3 is 2.81 bits per heavy atom. The summed E-state index contributed by atoms with van der Waals surface area (Å²) in [5.41, 5.74) is 3.46. The molecule has 1 unspecified atom stereocenters. The van der Waals surface area contributed by atoms with Crippen molar-refractivity contribution in [2.75, 3.05) is 6.54 Å². The summed E-state index contributed by atoms with van der Waals surface area (Å²) >= 11 is 0. The number of aliphatic hydroxyl groups is 1. The second kappa shape index (κ2) is 6.22. The molecule has 1 amide bonds. The number of aryl methyl sites for hydroxylation is 3. The van der Waals surface area contributed by atoms with E-state index in [1.807, 2.05) is 26.8 Å². The van der Waals surface area contributed by atoms with E-state index in [0.717, 1.165) is 17.8 Å². The number of nitrogens with one attached hydrogen (secondary N) is 1. The SMILES string of the molecule is CCCC(O)CNC(=O)c1c(C)nn2c(C)cc(C)nc12. The van der Waals surface area contributed by atoms with Crippen molar-refractivity contribution >= 4 is 11.6 Å². The number of hydrogen-bond donors (Lipinski definition) is 2. The van der Waals surface area contributed by atoms with Crippen LogP contribution in [-0.4, -0.2) is 38.3 Å². The Bertz CT molecular complexity index is 663. The van der Waals surface area contributed by atoms with Gasteiger partial charge in [0.1, 0.15) is 5.56 Å². The zero-order valence-corrected chi connectivity index (χ0v) is 13.0. The molecule has 21 heavy (non-hydrogen) atoms. The van der Waals surface area contributed by atoms with Gasteiger partial charge in [0.2, 0.25) is 0 Å². The highest BCUT2D eigenvalue weighted by Gasteiger charge is 2.20. The molecule has 0 radical (unpaired) electrons. The van der Waals surface area contributed by atoms with Crippen LogP contribution in [-0.2, 0) is 0 Å². The number of carbonyl (C=O) groups is 1. The van der Waals surface area contributed by atoms with Crippen LogP contribution in [0.2, 0.25) is 0 Å². The topological polar surface area (TPSA) is 79.5 Å². The lowest BCUT2D eigenvalue weighted by Crippen LogP contribution is -2.32. The van der Waals surface area contributed by atoms with E-state index in [-0.39, 0.29) is 12.5 Å². The van der Waals surface area contributed by atoms with Crippen LogP contribution in [0.5, 0.6) is 0 Å². The van der Waals surface area contributed by atoms with E-state index in [1.54, 1.807) is 11.4 Å². The van der Waals surface area contributed by atoms with Gasteiger partial charge in [0, 0.05) is 17.9 Å². The first kappa shape index (κ1) is 15.4. The molecule has 1 atom stereocenters. The first-order valence-corrected chi connectivity index (χ1v) is 7.23. The third kappa shape index (κ3) is 3.21. The fraction of sp³-hybridized carbons (Fsp3) is 0.533. The van der Waals surface area contributed by atoms with Crippen molar-refractivity contribution in [1.29, 1.82) is 0 Å². The fourth-order valence-electron chi connectivity index (χ4n) is 2.43. The largest absolute Gasteiger partial charge is 0.391 e. The van der Waals surface area contributed by atoms with Gasteiger partial charge in [-0.05, 0) is 33.3 Å². The number of nitrogens with zero attached hydrogens (tertiary/aromatic N) is 3. The van der Waals surface area contributed by atoms with E-state index in [2.05, 4.69) is 15.4 Å². The van der Waals surface area contributed by atoms with Crippen molar-refractivity contribution in [2.45, 2.75) is 46.6 Å². The van der Waals surface area contributed by atoms with Crippen LogP contribution in [0.3, 0.4) is 0 Å². The Hall–Kier alpha value is -1.95. The first-order valence-electron chi connectivity index (χ1n) is 7.23. The molecule has 0 aliphatic rings. The number of fused-ring (bicyclic) bond motifs is 1. The van der Waals surface area contributed by atoms with Gasteiger partial charge in [0.05, 0.1) is 11.8 Å². The summed E-state index contributed by atoms with van der Waals surface area (Å²) in [6.45, 7) is 7.86. The molecule has 6 nitrogen and oxygen atoms in total. The summed E-state index contributed by atoms with van der Waals surface area (Å²) in [5.74, 6) is -0.241. The van der Waals surface area contributed by atoms with E-state index >= 15 is 0 Å². The lowest BCUT2D eigenvalue weighted by atomic mass is 10.2. The smallest absolute Gasteiger partial charge is 0.257 e. The number of hydrogen-bond acceptors (Lipinski definition) is 4. The van der Waals surface area contributed by atoms with Gasteiger partial charge in [-0.3, -0.25) is 4.79 Å². The minimum absolute atomic E-state index is 0.241. The van der Waals surface area contributed by atoms with Crippen LogP contribution in [0.15, 0.2) is 6.07 Å². The van der Waals surface area contributed by atoms with Crippen LogP contribution in [0, 0.1) is 20.8 Å². The van der Waals surface area contributed by atoms with Crippen molar-refractivity contribution in [1.82, 2.24) is 19.9 Å². The standard InChI is InChI=1S/C15H22N4O2/c1-5-6-12(20)8-16-15(21)13-11(4)18-19-10(3)7-9(2)17-14(13)19/h7,12,20H,5-6,8H2,1-4H3,(H,16,21). The maximum Gasteiger partial charge on any atom is 0.257 e. The predicted molar refractivity (Wildman–Crippen MR) is 80.4 cm³/mol. The second-order valence-electron chi connectivity index (χ2n) is 5.39. The van der Waals surface area contributed by atoms with Crippen molar-refractivity contribution in [2.24, 2.45) is 0 Å². The molecule has 0 saturated carbocycles. The molecule has 0 bridgehead atoms. The second-order valence-corrected chi connectivity index (χ2v) is 5.39. The Balaban J connectivity index is 2.29. The number of rotatable bonds is 5. The van der Waals surface area contributed by atoms with Gasteiger partial charge >= 0.3 is 0 Å². The molecule has 114 valence electrons. The van der Waals surface area contributed by atoms with E-state index in [1.165, 1.54) is 0 Å². The molecule has 2 aromatic heterocycles. The molecule has 2 heterocycles. The van der Waals surface area contributed by atoms with Crippen molar-refractivity contribution in [3.63, 3.8) is 0 Å². The highest BCUT2D eigenvalue weighted by atomic mass is 16.3. The average molecular weight is 290 g/mol. The summed E-state index contributed by atoms with van der Waals surface area (Å²) in [6.07, 6.45) is 1.04. The highest BCUT2D eigenvalue weighted by Crippen LogP contribution is 2.16. The molecule has 0 aliphatic heterocycles. The lowest BCUT2D eigenvalue weighted by Gasteiger charge is -2.10. The lowest BCUT2D eigenvalue weighted by molar-refractivity contribution is 0.0911. The number of aliphatic hydroxyl groups excluding tert-OH is 1. The average Bonchev–Trinajstić information content (AvgIpc) is 2.73. The maximum atomic E-state index is 12.4. The van der Waals surface area contributed by atoms with E-state index in [4.69, 9.17) is 0 Å². The molecular formula is C15H22N4O2. The Labute approximate surface area is 124 Å². The third-order valence-electron chi connectivity index (χ3n) is 3.42. The summed E-state index contributed by atoms with van der Waals surface area (Å²) < 4.78 is 1.68. The molecule has 0 aromatic carbocycles. The van der Waals surface area contributed by atoms with E-state index in [9.17, 15) is 9.90 Å². The summed E-state index contributed by atoms with van der Waals surface area (Å²) in [5, 5.41) is 16.8. The predicted octanol–water partition coefficient (Wildman–Crippen LogP) is 1.55. The Morgan fingerprint density at radius 1 is 1.43 bits per heavy atom. The molecule has 6 heteroatoms. The molecule has 0 fully saturated rings. The molecule has 2 N–H and O–H groups in total. The van der Waals surface area contributed by atoms with Gasteiger partial charge in [0.25, 0.3) is 5.91 Å². The minimum atomic E-state index is -0.516. The number of aromatic nitrogens is 3. The molecule has 0 spiro atoms. The zero-order chi connectivity index (χ0) is 15.6. The van der Waals surface area contributed by atoms with E-state index in [0.29, 0.717) is 23.3 Å². The van der Waals surface area contributed by atoms with Gasteiger partial charge in [-0.15, -0.1) is 0 Å². The van der Waals surface area contributed by atoms with Crippen LogP contribution >= 0.6 is 0 Å². The third-order valence-corrected chi connectivity index (χ3v) is 3.42. The molecular weight excluding hydrogens is 268 g/mol. The van der Waals surface area contributed by atoms with E-state index < -0.39 is 6.10 Å². The van der Waals surface area contributed by atoms with Gasteiger partial charge in [-0.25, -0.2) is 9.50 Å². The number of carbonyl (C=O) groups excluding carboxylic acids is 1. The van der Waals surface area contributed by atoms with Gasteiger partial charge in [-0.2, -0.15) is 5.10 Å². The van der Waals surface area contributed by atoms with Crippen LogP contribution in [0.1, 0.15) is 47.2 Å². The quantitative estimate of drug-likeness (QED) is 0.875. The Kier molecular flexibility index (Phi) is 4.57. The molecule has 0 aliphatic carbocycles. The first-order chi connectivity index (χ1) is 9.93. The summed E-state index contributed by atoms with van der Waals surface area (Å²) in [7, 11) is 0. The minimum Gasteiger partial charge on any atom is -0.391 e.